The van der Waals surface area contributed by atoms with Crippen LogP contribution in [-0.4, -0.2) is 10.5 Å². The zero-order chi connectivity index (χ0) is 15.6. The summed E-state index contributed by atoms with van der Waals surface area (Å²) >= 11 is 5.75. The van der Waals surface area contributed by atoms with Crippen LogP contribution in [0.2, 0.25) is 5.02 Å². The zero-order valence-corrected chi connectivity index (χ0v) is 12.0. The van der Waals surface area contributed by atoms with E-state index in [1.165, 1.54) is 6.07 Å². The van der Waals surface area contributed by atoms with Crippen LogP contribution in [-0.2, 0) is 6.54 Å². The summed E-state index contributed by atoms with van der Waals surface area (Å²) in [7, 11) is 0. The number of hydrogen-bond donors (Lipinski definition) is 2. The van der Waals surface area contributed by atoms with E-state index in [9.17, 15) is 13.6 Å². The number of carbonyl (C=O) groups is 1. The lowest BCUT2D eigenvalue weighted by molar-refractivity contribution is 0.101. The molecule has 1 aromatic heterocycles. The molecule has 0 saturated heterocycles. The first-order valence-corrected chi connectivity index (χ1v) is 6.71. The molecule has 112 valence electrons. The van der Waals surface area contributed by atoms with Gasteiger partial charge in [0.15, 0.2) is 5.82 Å². The van der Waals surface area contributed by atoms with Crippen LogP contribution in [0.1, 0.15) is 23.8 Å². The number of aryl methyl sites for hydroxylation is 1. The molecule has 1 aromatic carbocycles. The highest BCUT2D eigenvalue weighted by Gasteiger charge is 2.17. The molecular formula is C14H14ClF2N3O. The summed E-state index contributed by atoms with van der Waals surface area (Å²) in [4.78, 5) is 12.2. The molecule has 0 unspecified atom stereocenters. The molecule has 0 saturated carbocycles. The minimum absolute atomic E-state index is 0.206. The lowest BCUT2D eigenvalue weighted by Crippen LogP contribution is -2.18. The van der Waals surface area contributed by atoms with Crippen LogP contribution in [0, 0.1) is 11.6 Å². The van der Waals surface area contributed by atoms with Gasteiger partial charge in [-0.25, -0.2) is 8.78 Å². The van der Waals surface area contributed by atoms with E-state index in [4.69, 9.17) is 17.3 Å². The second-order valence-corrected chi connectivity index (χ2v) is 4.96. The van der Waals surface area contributed by atoms with Crippen LogP contribution in [0.4, 0.5) is 20.2 Å². The molecule has 2 rings (SSSR count). The number of rotatable bonds is 4. The topological polar surface area (TPSA) is 60.0 Å². The molecule has 0 aliphatic carbocycles. The molecule has 0 fully saturated rings. The Hall–Kier alpha value is -2.08. The van der Waals surface area contributed by atoms with E-state index in [0.29, 0.717) is 18.3 Å². The summed E-state index contributed by atoms with van der Waals surface area (Å²) in [5.74, 6) is -2.31. The fourth-order valence-electron chi connectivity index (χ4n) is 1.99. The number of nitrogens with one attached hydrogen (secondary N) is 1. The highest BCUT2D eigenvalue weighted by Crippen LogP contribution is 2.27. The first kappa shape index (κ1) is 15.3. The van der Waals surface area contributed by atoms with E-state index in [0.717, 1.165) is 12.5 Å². The molecule has 0 radical (unpaired) electrons. The lowest BCUT2D eigenvalue weighted by Gasteiger charge is -2.10. The van der Waals surface area contributed by atoms with Gasteiger partial charge in [0.2, 0.25) is 0 Å². The standard InChI is InChI=1S/C14H14ClF2N3O/c1-2-3-20-7-9(18)6-12(20)14(21)19-13-10(15)4-8(16)5-11(13)17/h4-7H,2-3,18H2,1H3,(H,19,21). The molecule has 0 spiro atoms. The fraction of sp³-hybridized carbons (Fsp3) is 0.214. The third-order valence-electron chi connectivity index (χ3n) is 2.86. The van der Waals surface area contributed by atoms with Crippen molar-refractivity contribution in [2.75, 3.05) is 11.1 Å². The van der Waals surface area contributed by atoms with E-state index in [1.54, 1.807) is 10.8 Å². The van der Waals surface area contributed by atoms with Gasteiger partial charge in [-0.05, 0) is 18.6 Å². The lowest BCUT2D eigenvalue weighted by atomic mass is 10.2. The Morgan fingerprint density at radius 1 is 1.38 bits per heavy atom. The first-order valence-electron chi connectivity index (χ1n) is 6.34. The molecule has 2 aromatic rings. The highest BCUT2D eigenvalue weighted by atomic mass is 35.5. The summed E-state index contributed by atoms with van der Waals surface area (Å²) in [6.45, 7) is 2.55. The van der Waals surface area contributed by atoms with Crippen LogP contribution < -0.4 is 11.1 Å². The maximum absolute atomic E-state index is 13.7. The molecule has 0 aliphatic rings. The zero-order valence-electron chi connectivity index (χ0n) is 11.3. The number of nitrogens with zero attached hydrogens (tertiary/aromatic N) is 1. The smallest absolute Gasteiger partial charge is 0.272 e. The van der Waals surface area contributed by atoms with Crippen molar-refractivity contribution < 1.29 is 13.6 Å². The number of nitrogen functional groups attached to an aromatic ring is 1. The van der Waals surface area contributed by atoms with Crippen molar-refractivity contribution in [2.24, 2.45) is 0 Å². The van der Waals surface area contributed by atoms with Gasteiger partial charge in [0, 0.05) is 18.8 Å². The van der Waals surface area contributed by atoms with E-state index < -0.39 is 17.5 Å². The van der Waals surface area contributed by atoms with Crippen molar-refractivity contribution in [1.29, 1.82) is 0 Å². The Kier molecular flexibility index (Phi) is 4.47. The predicted molar refractivity (Wildman–Crippen MR) is 78.5 cm³/mol. The van der Waals surface area contributed by atoms with Gasteiger partial charge < -0.3 is 15.6 Å². The Labute approximate surface area is 125 Å². The van der Waals surface area contributed by atoms with Gasteiger partial charge in [0.05, 0.1) is 16.4 Å². The van der Waals surface area contributed by atoms with Crippen molar-refractivity contribution in [1.82, 2.24) is 4.57 Å². The van der Waals surface area contributed by atoms with Crippen molar-refractivity contribution >= 4 is 28.9 Å². The number of benzene rings is 1. The monoisotopic (exact) mass is 313 g/mol. The molecule has 0 atom stereocenters. The average molecular weight is 314 g/mol. The van der Waals surface area contributed by atoms with Gasteiger partial charge in [-0.1, -0.05) is 18.5 Å². The minimum Gasteiger partial charge on any atom is -0.397 e. The number of carbonyl (C=O) groups excluding carboxylic acids is 1. The maximum Gasteiger partial charge on any atom is 0.272 e. The Bertz CT molecular complexity index is 662. The van der Waals surface area contributed by atoms with Gasteiger partial charge in [-0.2, -0.15) is 0 Å². The van der Waals surface area contributed by atoms with Crippen molar-refractivity contribution in [3.8, 4) is 0 Å². The number of nitrogens with two attached hydrogens (primary N) is 1. The molecular weight excluding hydrogens is 300 g/mol. The van der Waals surface area contributed by atoms with Gasteiger partial charge in [0.25, 0.3) is 5.91 Å². The fourth-order valence-corrected chi connectivity index (χ4v) is 2.23. The SMILES string of the molecule is CCCn1cc(N)cc1C(=O)Nc1c(F)cc(F)cc1Cl. The highest BCUT2D eigenvalue weighted by molar-refractivity contribution is 6.34. The van der Waals surface area contributed by atoms with Crippen molar-refractivity contribution in [3.05, 3.63) is 46.7 Å². The molecule has 21 heavy (non-hydrogen) atoms. The van der Waals surface area contributed by atoms with E-state index in [-0.39, 0.29) is 16.4 Å². The predicted octanol–water partition coefficient (Wildman–Crippen LogP) is 3.66. The number of hydrogen-bond acceptors (Lipinski definition) is 2. The van der Waals surface area contributed by atoms with Crippen LogP contribution in [0.3, 0.4) is 0 Å². The van der Waals surface area contributed by atoms with Gasteiger partial charge >= 0.3 is 0 Å². The molecule has 1 heterocycles. The van der Waals surface area contributed by atoms with Crippen LogP contribution in [0.25, 0.3) is 0 Å². The Morgan fingerprint density at radius 2 is 2.10 bits per heavy atom. The number of amides is 1. The molecule has 1 amide bonds. The summed E-state index contributed by atoms with van der Waals surface area (Å²) in [6, 6.07) is 3.07. The maximum atomic E-state index is 13.7. The van der Waals surface area contributed by atoms with Crippen LogP contribution in [0.5, 0.6) is 0 Å². The van der Waals surface area contributed by atoms with Crippen LogP contribution >= 0.6 is 11.6 Å². The molecule has 7 heteroatoms. The normalized spacial score (nSPS) is 10.7. The quantitative estimate of drug-likeness (QED) is 0.905. The second kappa shape index (κ2) is 6.13. The summed E-state index contributed by atoms with van der Waals surface area (Å²) in [5, 5.41) is 2.14. The van der Waals surface area contributed by atoms with Gasteiger partial charge in [-0.15, -0.1) is 0 Å². The second-order valence-electron chi connectivity index (χ2n) is 4.55. The number of anilines is 2. The van der Waals surface area contributed by atoms with Crippen LogP contribution in [0.15, 0.2) is 24.4 Å². The van der Waals surface area contributed by atoms with Crippen molar-refractivity contribution in [3.63, 3.8) is 0 Å². The first-order chi connectivity index (χ1) is 9.92. The molecule has 3 N–H and O–H groups in total. The van der Waals surface area contributed by atoms with E-state index >= 15 is 0 Å². The number of halogens is 3. The van der Waals surface area contributed by atoms with E-state index in [2.05, 4.69) is 5.32 Å². The van der Waals surface area contributed by atoms with Crippen molar-refractivity contribution in [2.45, 2.75) is 19.9 Å². The minimum atomic E-state index is -0.935. The number of aromatic nitrogens is 1. The Morgan fingerprint density at radius 3 is 2.71 bits per heavy atom. The average Bonchev–Trinajstić information content (AvgIpc) is 2.75. The summed E-state index contributed by atoms with van der Waals surface area (Å²) in [6.07, 6.45) is 2.43. The molecule has 0 aliphatic heterocycles. The van der Waals surface area contributed by atoms with E-state index in [1.807, 2.05) is 6.92 Å². The third-order valence-corrected chi connectivity index (χ3v) is 3.16. The third kappa shape index (κ3) is 3.33. The molecule has 0 bridgehead atoms. The summed E-state index contributed by atoms with van der Waals surface area (Å²) < 4.78 is 28.3. The largest absolute Gasteiger partial charge is 0.397 e. The summed E-state index contributed by atoms with van der Waals surface area (Å²) in [5.41, 5.74) is 6.13. The van der Waals surface area contributed by atoms with Gasteiger partial charge in [-0.3, -0.25) is 4.79 Å². The van der Waals surface area contributed by atoms with Gasteiger partial charge in [0.1, 0.15) is 11.5 Å². The molecule has 4 nitrogen and oxygen atoms in total. The Balaban J connectivity index is 2.30.